The second kappa shape index (κ2) is 4.69. The van der Waals surface area contributed by atoms with Gasteiger partial charge < -0.3 is 5.32 Å². The Balaban J connectivity index is 1.79. The maximum Gasteiger partial charge on any atom is 0.274 e. The number of aromatic amines is 1. The summed E-state index contributed by atoms with van der Waals surface area (Å²) in [5.74, 6) is 0.852. The number of hydrogen-bond donors (Lipinski definition) is 2. The highest BCUT2D eigenvalue weighted by molar-refractivity contribution is 6.05. The summed E-state index contributed by atoms with van der Waals surface area (Å²) in [4.78, 5) is 29.4. The van der Waals surface area contributed by atoms with Crippen LogP contribution in [0.2, 0.25) is 0 Å². The van der Waals surface area contributed by atoms with Gasteiger partial charge in [0.15, 0.2) is 5.65 Å². The van der Waals surface area contributed by atoms with E-state index in [0.717, 1.165) is 18.5 Å². The Labute approximate surface area is 127 Å². The molecule has 0 radical (unpaired) electrons. The lowest BCUT2D eigenvalue weighted by atomic mass is 10.1. The lowest BCUT2D eigenvalue weighted by Crippen LogP contribution is -2.34. The molecule has 0 aliphatic heterocycles. The molecule has 1 amide bonds. The lowest BCUT2D eigenvalue weighted by Gasteiger charge is -2.13. The summed E-state index contributed by atoms with van der Waals surface area (Å²) in [6, 6.07) is 1.97. The molecule has 116 valence electrons. The van der Waals surface area contributed by atoms with Gasteiger partial charge >= 0.3 is 0 Å². The van der Waals surface area contributed by atoms with Crippen LogP contribution in [0.1, 0.15) is 54.6 Å². The summed E-state index contributed by atoms with van der Waals surface area (Å²) in [5, 5.41) is 6.14. The molecule has 6 nitrogen and oxygen atoms in total. The zero-order valence-corrected chi connectivity index (χ0v) is 12.8. The van der Waals surface area contributed by atoms with Crippen LogP contribution in [-0.4, -0.2) is 26.7 Å². The predicted octanol–water partition coefficient (Wildman–Crippen LogP) is 1.67. The van der Waals surface area contributed by atoms with Crippen LogP contribution in [0.3, 0.4) is 0 Å². The first-order valence-corrected chi connectivity index (χ1v) is 7.95. The number of carbonyl (C=O) groups excluding carboxylic acids is 1. The second-order valence-corrected chi connectivity index (χ2v) is 6.67. The molecule has 2 saturated carbocycles. The van der Waals surface area contributed by atoms with E-state index in [0.29, 0.717) is 28.4 Å². The number of pyridine rings is 1. The number of fused-ring (bicyclic) bond motifs is 1. The van der Waals surface area contributed by atoms with E-state index in [1.165, 1.54) is 12.8 Å². The molecule has 2 aliphatic rings. The van der Waals surface area contributed by atoms with Crippen LogP contribution < -0.4 is 10.9 Å². The van der Waals surface area contributed by atoms with Gasteiger partial charge in [0.05, 0.1) is 10.9 Å². The molecule has 2 aromatic rings. The minimum atomic E-state index is -0.253. The fourth-order valence-corrected chi connectivity index (χ4v) is 3.04. The number of rotatable bonds is 4. The molecular formula is C16H20N4O2. The van der Waals surface area contributed by atoms with Gasteiger partial charge in [-0.15, -0.1) is 0 Å². The van der Waals surface area contributed by atoms with Gasteiger partial charge in [0.2, 0.25) is 0 Å². The largest absolute Gasteiger partial charge is 0.349 e. The van der Waals surface area contributed by atoms with Gasteiger partial charge in [0, 0.05) is 24.7 Å². The summed E-state index contributed by atoms with van der Waals surface area (Å²) < 4.78 is 1.60. The van der Waals surface area contributed by atoms with Crippen molar-refractivity contribution >= 4 is 16.9 Å². The monoisotopic (exact) mass is 300 g/mol. The second-order valence-electron chi connectivity index (χ2n) is 6.67. The van der Waals surface area contributed by atoms with Gasteiger partial charge in [-0.1, -0.05) is 0 Å². The summed E-state index contributed by atoms with van der Waals surface area (Å²) in [5.41, 5.74) is 1.70. The molecule has 0 bridgehead atoms. The van der Waals surface area contributed by atoms with E-state index in [2.05, 4.69) is 15.4 Å². The normalized spacial score (nSPS) is 19.4. The smallest absolute Gasteiger partial charge is 0.274 e. The van der Waals surface area contributed by atoms with Gasteiger partial charge in [-0.3, -0.25) is 19.4 Å². The van der Waals surface area contributed by atoms with E-state index in [4.69, 9.17) is 0 Å². The van der Waals surface area contributed by atoms with Gasteiger partial charge in [-0.25, -0.2) is 4.98 Å². The van der Waals surface area contributed by atoms with Crippen LogP contribution in [-0.2, 0) is 7.05 Å². The molecule has 2 aliphatic carbocycles. The van der Waals surface area contributed by atoms with E-state index in [1.807, 2.05) is 13.0 Å². The van der Waals surface area contributed by atoms with E-state index in [1.54, 1.807) is 11.7 Å². The van der Waals surface area contributed by atoms with E-state index in [9.17, 15) is 9.59 Å². The van der Waals surface area contributed by atoms with Gasteiger partial charge in [0.25, 0.3) is 11.5 Å². The average molecular weight is 300 g/mol. The van der Waals surface area contributed by atoms with Crippen LogP contribution >= 0.6 is 0 Å². The summed E-state index contributed by atoms with van der Waals surface area (Å²) in [7, 11) is 1.75. The molecule has 2 fully saturated rings. The third kappa shape index (κ3) is 2.23. The molecule has 2 N–H and O–H groups in total. The third-order valence-electron chi connectivity index (χ3n) is 4.76. The summed E-state index contributed by atoms with van der Waals surface area (Å²) >= 11 is 0. The molecule has 22 heavy (non-hydrogen) atoms. The van der Waals surface area contributed by atoms with Crippen molar-refractivity contribution in [3.63, 3.8) is 0 Å². The van der Waals surface area contributed by atoms with Crippen molar-refractivity contribution in [2.45, 2.75) is 44.6 Å². The molecular weight excluding hydrogens is 280 g/mol. The van der Waals surface area contributed by atoms with Crippen molar-refractivity contribution in [2.24, 2.45) is 13.0 Å². The SMILES string of the molecule is CC(NC(=O)c1cc(C2CC2)nc2c1c(=O)[nH]n2C)C1CC1. The summed E-state index contributed by atoms with van der Waals surface area (Å²) in [6.07, 6.45) is 4.56. The Bertz CT molecular complexity index is 811. The lowest BCUT2D eigenvalue weighted by molar-refractivity contribution is 0.0937. The van der Waals surface area contributed by atoms with Crippen LogP contribution in [0.5, 0.6) is 0 Å². The zero-order valence-electron chi connectivity index (χ0n) is 12.8. The van der Waals surface area contributed by atoms with Crippen LogP contribution in [0.15, 0.2) is 10.9 Å². The van der Waals surface area contributed by atoms with Crippen molar-refractivity contribution < 1.29 is 4.79 Å². The molecule has 2 heterocycles. The highest BCUT2D eigenvalue weighted by Crippen LogP contribution is 2.40. The van der Waals surface area contributed by atoms with Crippen molar-refractivity contribution in [2.75, 3.05) is 0 Å². The van der Waals surface area contributed by atoms with Crippen molar-refractivity contribution in [1.82, 2.24) is 20.1 Å². The van der Waals surface area contributed by atoms with Crippen molar-refractivity contribution in [3.8, 4) is 0 Å². The first-order valence-electron chi connectivity index (χ1n) is 7.95. The standard InChI is InChI=1S/C16H20N4O2/c1-8(9-3-4-9)17-15(21)11-7-12(10-5-6-10)18-14-13(11)16(22)19-20(14)2/h7-10H,3-6H2,1-2H3,(H,17,21)(H,19,22). The van der Waals surface area contributed by atoms with E-state index in [-0.39, 0.29) is 17.5 Å². The molecule has 0 aromatic carbocycles. The highest BCUT2D eigenvalue weighted by atomic mass is 16.2. The number of aryl methyl sites for hydroxylation is 1. The molecule has 0 saturated heterocycles. The quantitative estimate of drug-likeness (QED) is 0.901. The number of hydrogen-bond acceptors (Lipinski definition) is 3. The molecule has 1 atom stereocenters. The topological polar surface area (TPSA) is 79.8 Å². The Morgan fingerprint density at radius 3 is 2.77 bits per heavy atom. The highest BCUT2D eigenvalue weighted by Gasteiger charge is 2.31. The average Bonchev–Trinajstić information content (AvgIpc) is 3.38. The third-order valence-corrected chi connectivity index (χ3v) is 4.76. The van der Waals surface area contributed by atoms with E-state index < -0.39 is 0 Å². The zero-order chi connectivity index (χ0) is 15.4. The molecule has 6 heteroatoms. The van der Waals surface area contributed by atoms with Crippen molar-refractivity contribution in [3.05, 3.63) is 27.7 Å². The molecule has 1 unspecified atom stereocenters. The fraction of sp³-hybridized carbons (Fsp3) is 0.562. The van der Waals surface area contributed by atoms with Gasteiger partial charge in [-0.2, -0.15) is 0 Å². The minimum absolute atomic E-state index is 0.155. The Kier molecular flexibility index (Phi) is 2.89. The fourth-order valence-electron chi connectivity index (χ4n) is 3.04. The Hall–Kier alpha value is -2.11. The number of carbonyl (C=O) groups is 1. The predicted molar refractivity (Wildman–Crippen MR) is 83.0 cm³/mol. The Morgan fingerprint density at radius 1 is 1.41 bits per heavy atom. The first-order chi connectivity index (χ1) is 10.5. The number of nitrogens with one attached hydrogen (secondary N) is 2. The van der Waals surface area contributed by atoms with Crippen LogP contribution in [0, 0.1) is 5.92 Å². The maximum absolute atomic E-state index is 12.7. The number of nitrogens with zero attached hydrogens (tertiary/aromatic N) is 2. The van der Waals surface area contributed by atoms with Gasteiger partial charge in [-0.05, 0) is 44.6 Å². The van der Waals surface area contributed by atoms with Crippen LogP contribution in [0.4, 0.5) is 0 Å². The van der Waals surface area contributed by atoms with Gasteiger partial charge in [0.1, 0.15) is 0 Å². The molecule has 0 spiro atoms. The van der Waals surface area contributed by atoms with Crippen molar-refractivity contribution in [1.29, 1.82) is 0 Å². The minimum Gasteiger partial charge on any atom is -0.349 e. The Morgan fingerprint density at radius 2 is 2.14 bits per heavy atom. The molecule has 2 aromatic heterocycles. The maximum atomic E-state index is 12.7. The molecule has 4 rings (SSSR count). The summed E-state index contributed by atoms with van der Waals surface area (Å²) in [6.45, 7) is 2.03. The number of aromatic nitrogens is 3. The van der Waals surface area contributed by atoms with E-state index >= 15 is 0 Å². The first kappa shape index (κ1) is 13.5. The number of H-pyrrole nitrogens is 1. The number of amides is 1. The van der Waals surface area contributed by atoms with Crippen LogP contribution in [0.25, 0.3) is 11.0 Å².